The molecule has 2 fully saturated rings. The third-order valence-corrected chi connectivity index (χ3v) is 5.09. The quantitative estimate of drug-likeness (QED) is 0.248. The molecular weight excluding hydrogens is 274 g/mol. The summed E-state index contributed by atoms with van der Waals surface area (Å²) in [5.41, 5.74) is -1.96. The lowest BCUT2D eigenvalue weighted by Gasteiger charge is -2.48. The smallest absolute Gasteiger partial charge is 0.317 e. The molecule has 1 saturated heterocycles. The van der Waals surface area contributed by atoms with Gasteiger partial charge >= 0.3 is 5.97 Å². The first-order valence-electron chi connectivity index (χ1n) is 5.96. The third kappa shape index (κ3) is 1.14. The SMILES string of the molecule is CC1=CC2(C)C(=O)C3(CCl)OC(=O)C(C2[N+](=O)[O-])C13. The first-order valence-corrected chi connectivity index (χ1v) is 6.49. The zero-order valence-corrected chi connectivity index (χ0v) is 11.1. The fourth-order valence-electron chi connectivity index (χ4n) is 4.09. The Morgan fingerprint density at radius 3 is 2.68 bits per heavy atom. The molecule has 0 radical (unpaired) electrons. The molecule has 0 aromatic rings. The molecule has 19 heavy (non-hydrogen) atoms. The summed E-state index contributed by atoms with van der Waals surface area (Å²) in [4.78, 5) is 35.4. The van der Waals surface area contributed by atoms with Crippen molar-refractivity contribution in [2.45, 2.75) is 25.5 Å². The molecule has 0 aromatic heterocycles. The van der Waals surface area contributed by atoms with Crippen LogP contribution in [0.25, 0.3) is 0 Å². The molecule has 5 atom stereocenters. The van der Waals surface area contributed by atoms with Crippen molar-refractivity contribution in [2.75, 3.05) is 5.88 Å². The molecule has 5 unspecified atom stereocenters. The largest absolute Gasteiger partial charge is 0.449 e. The minimum atomic E-state index is -1.41. The van der Waals surface area contributed by atoms with Crippen molar-refractivity contribution in [3.8, 4) is 0 Å². The minimum Gasteiger partial charge on any atom is -0.449 e. The number of Topliss-reactive ketones (excluding diaryl/α,β-unsaturated/α-hetero) is 1. The van der Waals surface area contributed by atoms with Crippen molar-refractivity contribution in [3.63, 3.8) is 0 Å². The monoisotopic (exact) mass is 285 g/mol. The summed E-state index contributed by atoms with van der Waals surface area (Å²) in [6.07, 6.45) is 1.61. The van der Waals surface area contributed by atoms with Crippen LogP contribution in [0.2, 0.25) is 0 Å². The average Bonchev–Trinajstić information content (AvgIpc) is 2.59. The number of carbonyl (C=O) groups excluding carboxylic acids is 2. The van der Waals surface area contributed by atoms with Gasteiger partial charge in [0.1, 0.15) is 11.3 Å². The topological polar surface area (TPSA) is 86.5 Å². The van der Waals surface area contributed by atoms with E-state index in [1.807, 2.05) is 0 Å². The van der Waals surface area contributed by atoms with Gasteiger partial charge in [0.25, 0.3) is 0 Å². The summed E-state index contributed by atoms with van der Waals surface area (Å²) in [5, 5.41) is 11.3. The Hall–Kier alpha value is -1.43. The van der Waals surface area contributed by atoms with Crippen LogP contribution in [0.4, 0.5) is 0 Å². The van der Waals surface area contributed by atoms with Gasteiger partial charge < -0.3 is 4.74 Å². The van der Waals surface area contributed by atoms with E-state index in [4.69, 9.17) is 16.3 Å². The zero-order chi connectivity index (χ0) is 14.2. The van der Waals surface area contributed by atoms with Crippen LogP contribution in [0.15, 0.2) is 11.6 Å². The van der Waals surface area contributed by atoms with Gasteiger partial charge in [-0.2, -0.15) is 0 Å². The Labute approximate surface area is 113 Å². The van der Waals surface area contributed by atoms with Crippen LogP contribution in [0.1, 0.15) is 13.8 Å². The van der Waals surface area contributed by atoms with Gasteiger partial charge in [-0.05, 0) is 13.8 Å². The molecule has 0 amide bonds. The normalized spacial score (nSPS) is 47.1. The molecule has 3 aliphatic carbocycles. The second-order valence-electron chi connectivity index (χ2n) is 5.68. The Kier molecular flexibility index (Phi) is 2.23. The molecule has 1 aliphatic heterocycles. The third-order valence-electron chi connectivity index (χ3n) is 4.69. The van der Waals surface area contributed by atoms with Gasteiger partial charge in [0.05, 0.1) is 5.88 Å². The number of halogens is 1. The van der Waals surface area contributed by atoms with Crippen LogP contribution in [0.3, 0.4) is 0 Å². The van der Waals surface area contributed by atoms with Gasteiger partial charge in [0.15, 0.2) is 11.4 Å². The van der Waals surface area contributed by atoms with E-state index in [0.717, 1.165) is 5.57 Å². The summed E-state index contributed by atoms with van der Waals surface area (Å²) < 4.78 is 5.22. The fraction of sp³-hybridized carbons (Fsp3) is 0.667. The van der Waals surface area contributed by atoms with Crippen LogP contribution in [0.5, 0.6) is 0 Å². The molecule has 6 nitrogen and oxygen atoms in total. The van der Waals surface area contributed by atoms with Crippen LogP contribution in [-0.2, 0) is 14.3 Å². The van der Waals surface area contributed by atoms with E-state index in [9.17, 15) is 19.7 Å². The number of nitro groups is 1. The molecular formula is C12H12ClNO5. The first kappa shape index (κ1) is 12.6. The predicted octanol–water partition coefficient (Wildman–Crippen LogP) is 0.947. The maximum atomic E-state index is 12.6. The van der Waals surface area contributed by atoms with Gasteiger partial charge in [-0.1, -0.05) is 11.6 Å². The number of ether oxygens (including phenoxy) is 1. The van der Waals surface area contributed by atoms with Crippen molar-refractivity contribution in [2.24, 2.45) is 17.3 Å². The van der Waals surface area contributed by atoms with Crippen molar-refractivity contribution in [3.05, 3.63) is 21.8 Å². The Bertz CT molecular complexity index is 558. The number of alkyl halides is 1. The van der Waals surface area contributed by atoms with Crippen LogP contribution in [0, 0.1) is 27.4 Å². The highest BCUT2D eigenvalue weighted by Crippen LogP contribution is 2.60. The molecule has 0 spiro atoms. The lowest BCUT2D eigenvalue weighted by atomic mass is 9.51. The van der Waals surface area contributed by atoms with Crippen LogP contribution < -0.4 is 0 Å². The fourth-order valence-corrected chi connectivity index (χ4v) is 4.43. The van der Waals surface area contributed by atoms with Gasteiger partial charge in [-0.25, -0.2) is 0 Å². The maximum absolute atomic E-state index is 12.6. The first-order chi connectivity index (χ1) is 8.79. The summed E-state index contributed by atoms with van der Waals surface area (Å²) in [6, 6.07) is -1.26. The van der Waals surface area contributed by atoms with Crippen molar-refractivity contribution in [1.82, 2.24) is 0 Å². The number of hydrogen-bond donors (Lipinski definition) is 0. The second kappa shape index (κ2) is 3.36. The molecule has 1 heterocycles. The van der Waals surface area contributed by atoms with Crippen molar-refractivity contribution in [1.29, 1.82) is 0 Å². The number of ketones is 1. The zero-order valence-electron chi connectivity index (χ0n) is 10.4. The molecule has 4 bridgehead atoms. The van der Waals surface area contributed by atoms with Crippen LogP contribution in [-0.4, -0.2) is 34.2 Å². The highest BCUT2D eigenvalue weighted by atomic mass is 35.5. The molecule has 0 N–H and O–H groups in total. The minimum absolute atomic E-state index is 0.163. The van der Waals surface area contributed by atoms with Gasteiger partial charge in [-0.15, -0.1) is 11.6 Å². The van der Waals surface area contributed by atoms with E-state index in [0.29, 0.717) is 0 Å². The molecule has 102 valence electrons. The molecule has 4 aliphatic rings. The lowest BCUT2D eigenvalue weighted by Crippen LogP contribution is -2.67. The highest BCUT2D eigenvalue weighted by molar-refractivity contribution is 6.22. The summed E-state index contributed by atoms with van der Waals surface area (Å²) in [7, 11) is 0. The number of nitrogens with zero attached hydrogens (tertiary/aromatic N) is 1. The summed E-state index contributed by atoms with van der Waals surface area (Å²) in [5.74, 6) is -2.82. The van der Waals surface area contributed by atoms with Crippen molar-refractivity contribution >= 4 is 23.4 Å². The standard InChI is InChI=1S/C12H12ClNO5/c1-5-3-11(2)8(14(17)18)6-7(5)12(4-13,10(11)16)19-9(6)15/h3,6-8H,4H2,1-2H3. The van der Waals surface area contributed by atoms with E-state index in [1.54, 1.807) is 13.0 Å². The number of esters is 1. The van der Waals surface area contributed by atoms with E-state index >= 15 is 0 Å². The highest BCUT2D eigenvalue weighted by Gasteiger charge is 2.78. The van der Waals surface area contributed by atoms with Gasteiger partial charge in [-0.3, -0.25) is 19.7 Å². The molecule has 4 rings (SSSR count). The van der Waals surface area contributed by atoms with Crippen LogP contribution >= 0.6 is 11.6 Å². The Morgan fingerprint density at radius 1 is 1.53 bits per heavy atom. The predicted molar refractivity (Wildman–Crippen MR) is 64.2 cm³/mol. The number of hydrogen-bond acceptors (Lipinski definition) is 5. The average molecular weight is 286 g/mol. The summed E-state index contributed by atoms with van der Waals surface area (Å²) >= 11 is 5.88. The maximum Gasteiger partial charge on any atom is 0.317 e. The van der Waals surface area contributed by atoms with Crippen molar-refractivity contribution < 1.29 is 19.2 Å². The van der Waals surface area contributed by atoms with E-state index in [-0.39, 0.29) is 5.88 Å². The molecule has 0 aromatic carbocycles. The van der Waals surface area contributed by atoms with Gasteiger partial charge in [0.2, 0.25) is 6.04 Å². The van der Waals surface area contributed by atoms with E-state index < -0.39 is 45.6 Å². The number of carbonyl (C=O) groups is 2. The van der Waals surface area contributed by atoms with E-state index in [1.165, 1.54) is 6.92 Å². The Balaban J connectivity index is 2.31. The molecule has 1 saturated carbocycles. The second-order valence-corrected chi connectivity index (χ2v) is 5.95. The summed E-state index contributed by atoms with van der Waals surface area (Å²) in [6.45, 7) is 3.26. The lowest BCUT2D eigenvalue weighted by molar-refractivity contribution is -0.545. The molecule has 7 heteroatoms. The van der Waals surface area contributed by atoms with E-state index in [2.05, 4.69) is 0 Å². The Morgan fingerprint density at radius 2 is 2.16 bits per heavy atom. The number of rotatable bonds is 2. The van der Waals surface area contributed by atoms with Gasteiger partial charge in [0, 0.05) is 10.8 Å².